The molecule has 3 heteroatoms. The zero-order valence-corrected chi connectivity index (χ0v) is 9.16. The van der Waals surface area contributed by atoms with Gasteiger partial charge in [-0.3, -0.25) is 4.68 Å². The minimum Gasteiger partial charge on any atom is -0.252 e. The fraction of sp³-hybridized carbons (Fsp3) is 0.818. The Morgan fingerprint density at radius 3 is 3.00 bits per heavy atom. The molecule has 0 aliphatic heterocycles. The normalized spacial score (nSPS) is 22.6. The molecule has 1 unspecified atom stereocenters. The molecule has 1 aliphatic rings. The highest BCUT2D eigenvalue weighted by atomic mass is 15.4. The van der Waals surface area contributed by atoms with E-state index in [9.17, 15) is 0 Å². The van der Waals surface area contributed by atoms with Crippen molar-refractivity contribution in [3.05, 3.63) is 11.4 Å². The Labute approximate surface area is 85.5 Å². The molecule has 14 heavy (non-hydrogen) atoms. The Hall–Kier alpha value is -0.860. The molecule has 1 aromatic rings. The Morgan fingerprint density at radius 1 is 1.36 bits per heavy atom. The highest BCUT2D eigenvalue weighted by Crippen LogP contribution is 2.29. The smallest absolute Gasteiger partial charge is 0.0889 e. The molecule has 1 atom stereocenters. The van der Waals surface area contributed by atoms with E-state index in [0.717, 1.165) is 6.42 Å². The van der Waals surface area contributed by atoms with Crippen LogP contribution in [0, 0.1) is 0 Å². The van der Waals surface area contributed by atoms with Crippen molar-refractivity contribution in [2.24, 2.45) is 7.05 Å². The van der Waals surface area contributed by atoms with Crippen molar-refractivity contribution in [1.29, 1.82) is 0 Å². The maximum atomic E-state index is 4.32. The van der Waals surface area contributed by atoms with Crippen LogP contribution in [-0.4, -0.2) is 15.0 Å². The summed E-state index contributed by atoms with van der Waals surface area (Å²) >= 11 is 0. The predicted molar refractivity (Wildman–Crippen MR) is 56.2 cm³/mol. The van der Waals surface area contributed by atoms with E-state index in [0.29, 0.717) is 5.92 Å². The average Bonchev–Trinajstić information content (AvgIpc) is 2.48. The highest BCUT2D eigenvalue weighted by Gasteiger charge is 2.20. The predicted octanol–water partition coefficient (Wildman–Crippen LogP) is 2.43. The summed E-state index contributed by atoms with van der Waals surface area (Å²) in [6.07, 6.45) is 7.67. The van der Waals surface area contributed by atoms with Crippen LogP contribution in [0.3, 0.4) is 0 Å². The number of hydrogen-bond donors (Lipinski definition) is 0. The standard InChI is InChI=1S/C11H19N3/c1-3-9-7-5-4-6-8-10-11(9)12-13-14(10)2/h9H,3-8H2,1-2H3. The summed E-state index contributed by atoms with van der Waals surface area (Å²) in [4.78, 5) is 0. The molecule has 0 saturated heterocycles. The van der Waals surface area contributed by atoms with Gasteiger partial charge in [-0.2, -0.15) is 0 Å². The van der Waals surface area contributed by atoms with Gasteiger partial charge in [0.05, 0.1) is 11.4 Å². The molecule has 2 rings (SSSR count). The summed E-state index contributed by atoms with van der Waals surface area (Å²) in [5, 5.41) is 8.47. The molecular weight excluding hydrogens is 174 g/mol. The Morgan fingerprint density at radius 2 is 2.21 bits per heavy atom. The molecule has 0 radical (unpaired) electrons. The molecular formula is C11H19N3. The van der Waals surface area contributed by atoms with Crippen molar-refractivity contribution in [3.63, 3.8) is 0 Å². The SMILES string of the molecule is CCC1CCCCCc2c1nnn2C. The first-order chi connectivity index (χ1) is 6.83. The van der Waals surface area contributed by atoms with Crippen LogP contribution in [-0.2, 0) is 13.5 Å². The van der Waals surface area contributed by atoms with Gasteiger partial charge in [-0.25, -0.2) is 0 Å². The van der Waals surface area contributed by atoms with E-state index in [1.807, 2.05) is 11.7 Å². The minimum absolute atomic E-state index is 0.652. The molecule has 0 N–H and O–H groups in total. The molecule has 3 nitrogen and oxygen atoms in total. The number of aromatic nitrogens is 3. The Balaban J connectivity index is 2.32. The van der Waals surface area contributed by atoms with E-state index in [1.165, 1.54) is 43.5 Å². The van der Waals surface area contributed by atoms with Gasteiger partial charge in [0.25, 0.3) is 0 Å². The van der Waals surface area contributed by atoms with E-state index >= 15 is 0 Å². The fourth-order valence-corrected chi connectivity index (χ4v) is 2.39. The Kier molecular flexibility index (Phi) is 2.85. The van der Waals surface area contributed by atoms with Gasteiger partial charge >= 0.3 is 0 Å². The van der Waals surface area contributed by atoms with Crippen molar-refractivity contribution in [3.8, 4) is 0 Å². The van der Waals surface area contributed by atoms with Crippen LogP contribution in [0.1, 0.15) is 56.3 Å². The summed E-state index contributed by atoms with van der Waals surface area (Å²) in [6.45, 7) is 2.25. The van der Waals surface area contributed by atoms with Crippen molar-refractivity contribution in [2.45, 2.75) is 51.4 Å². The van der Waals surface area contributed by atoms with E-state index in [2.05, 4.69) is 17.2 Å². The summed E-state index contributed by atoms with van der Waals surface area (Å²) in [5.74, 6) is 0.652. The summed E-state index contributed by atoms with van der Waals surface area (Å²) < 4.78 is 1.96. The molecule has 0 amide bonds. The van der Waals surface area contributed by atoms with Crippen LogP contribution in [0.4, 0.5) is 0 Å². The van der Waals surface area contributed by atoms with Gasteiger partial charge in [0, 0.05) is 13.0 Å². The second kappa shape index (κ2) is 4.11. The lowest BCUT2D eigenvalue weighted by Gasteiger charge is -2.17. The Bertz CT molecular complexity index is 303. The van der Waals surface area contributed by atoms with Crippen molar-refractivity contribution in [2.75, 3.05) is 0 Å². The second-order valence-electron chi connectivity index (χ2n) is 4.25. The van der Waals surface area contributed by atoms with Crippen molar-refractivity contribution in [1.82, 2.24) is 15.0 Å². The molecule has 0 saturated carbocycles. The maximum Gasteiger partial charge on any atom is 0.0889 e. The summed E-state index contributed by atoms with van der Waals surface area (Å²) in [6, 6.07) is 0. The largest absolute Gasteiger partial charge is 0.252 e. The van der Waals surface area contributed by atoms with Crippen molar-refractivity contribution < 1.29 is 0 Å². The zero-order valence-electron chi connectivity index (χ0n) is 9.16. The topological polar surface area (TPSA) is 30.7 Å². The van der Waals surface area contributed by atoms with E-state index in [4.69, 9.17) is 0 Å². The van der Waals surface area contributed by atoms with Crippen LogP contribution in [0.2, 0.25) is 0 Å². The quantitative estimate of drug-likeness (QED) is 0.685. The molecule has 0 aromatic carbocycles. The third-order valence-corrected chi connectivity index (χ3v) is 3.32. The number of rotatable bonds is 1. The first-order valence-electron chi connectivity index (χ1n) is 5.71. The van der Waals surface area contributed by atoms with Crippen LogP contribution >= 0.6 is 0 Å². The van der Waals surface area contributed by atoms with Gasteiger partial charge in [0.1, 0.15) is 0 Å². The van der Waals surface area contributed by atoms with Gasteiger partial charge in [-0.15, -0.1) is 5.10 Å². The molecule has 0 fully saturated rings. The third-order valence-electron chi connectivity index (χ3n) is 3.32. The summed E-state index contributed by atoms with van der Waals surface area (Å²) in [5.41, 5.74) is 2.64. The minimum atomic E-state index is 0.652. The van der Waals surface area contributed by atoms with E-state index in [1.54, 1.807) is 0 Å². The number of fused-ring (bicyclic) bond motifs is 1. The number of aryl methyl sites for hydroxylation is 1. The molecule has 0 bridgehead atoms. The van der Waals surface area contributed by atoms with Crippen molar-refractivity contribution >= 4 is 0 Å². The van der Waals surface area contributed by atoms with Gasteiger partial charge in [-0.1, -0.05) is 25.0 Å². The average molecular weight is 193 g/mol. The highest BCUT2D eigenvalue weighted by molar-refractivity contribution is 5.16. The zero-order chi connectivity index (χ0) is 9.97. The monoisotopic (exact) mass is 193 g/mol. The first kappa shape index (κ1) is 9.69. The van der Waals surface area contributed by atoms with E-state index < -0.39 is 0 Å². The molecule has 0 spiro atoms. The molecule has 78 valence electrons. The first-order valence-corrected chi connectivity index (χ1v) is 5.71. The third kappa shape index (κ3) is 1.68. The van der Waals surface area contributed by atoms with Crippen LogP contribution < -0.4 is 0 Å². The number of nitrogens with zero attached hydrogens (tertiary/aromatic N) is 3. The van der Waals surface area contributed by atoms with Gasteiger partial charge < -0.3 is 0 Å². The lowest BCUT2D eigenvalue weighted by atomic mass is 9.90. The van der Waals surface area contributed by atoms with Crippen LogP contribution in [0.15, 0.2) is 0 Å². The lowest BCUT2D eigenvalue weighted by molar-refractivity contribution is 0.509. The lowest BCUT2D eigenvalue weighted by Crippen LogP contribution is -2.08. The van der Waals surface area contributed by atoms with Gasteiger partial charge in [0.2, 0.25) is 0 Å². The maximum absolute atomic E-state index is 4.32. The van der Waals surface area contributed by atoms with Gasteiger partial charge in [0.15, 0.2) is 0 Å². The molecule has 1 aliphatic carbocycles. The second-order valence-corrected chi connectivity index (χ2v) is 4.25. The van der Waals surface area contributed by atoms with Gasteiger partial charge in [-0.05, 0) is 25.7 Å². The van der Waals surface area contributed by atoms with Crippen LogP contribution in [0.5, 0.6) is 0 Å². The van der Waals surface area contributed by atoms with E-state index in [-0.39, 0.29) is 0 Å². The number of hydrogen-bond acceptors (Lipinski definition) is 2. The van der Waals surface area contributed by atoms with Crippen LogP contribution in [0.25, 0.3) is 0 Å². The molecule has 1 aromatic heterocycles. The molecule has 1 heterocycles. The summed E-state index contributed by atoms with van der Waals surface area (Å²) in [7, 11) is 2.01. The fourth-order valence-electron chi connectivity index (χ4n) is 2.39.